The molecule has 1 heterocycles. The number of esters is 1. The number of nitrogens with zero attached hydrogens (tertiary/aromatic N) is 1. The average molecular weight is 223 g/mol. The van der Waals surface area contributed by atoms with Crippen LogP contribution in [-0.2, 0) is 9.53 Å². The molecule has 1 rings (SSSR count). The van der Waals surface area contributed by atoms with Crippen LogP contribution in [0.15, 0.2) is 37.6 Å². The van der Waals surface area contributed by atoms with Gasteiger partial charge in [0.05, 0.1) is 0 Å². The zero-order valence-corrected chi connectivity index (χ0v) is 10.1. The highest BCUT2D eigenvalue weighted by Crippen LogP contribution is 2.05. The van der Waals surface area contributed by atoms with E-state index >= 15 is 0 Å². The van der Waals surface area contributed by atoms with Crippen LogP contribution in [-0.4, -0.2) is 30.6 Å². The van der Waals surface area contributed by atoms with E-state index in [0.29, 0.717) is 5.57 Å². The summed E-state index contributed by atoms with van der Waals surface area (Å²) in [4.78, 5) is 12.8. The highest BCUT2D eigenvalue weighted by Gasteiger charge is 2.04. The van der Waals surface area contributed by atoms with Crippen LogP contribution in [0, 0.1) is 0 Å². The van der Waals surface area contributed by atoms with Gasteiger partial charge in [-0.15, -0.1) is 0 Å². The van der Waals surface area contributed by atoms with Crippen LogP contribution < -0.4 is 0 Å². The van der Waals surface area contributed by atoms with Crippen molar-refractivity contribution in [2.45, 2.75) is 19.8 Å². The second-order valence-corrected chi connectivity index (χ2v) is 3.59. The molecule has 90 valence electrons. The molecule has 3 nitrogen and oxygen atoms in total. The minimum atomic E-state index is -0.366. The first-order valence-electron chi connectivity index (χ1n) is 5.42. The van der Waals surface area contributed by atoms with E-state index in [-0.39, 0.29) is 12.6 Å². The molecule has 1 aliphatic rings. The van der Waals surface area contributed by atoms with Gasteiger partial charge < -0.3 is 9.64 Å². The molecule has 0 bridgehead atoms. The Morgan fingerprint density at radius 3 is 2.25 bits per heavy atom. The Hall–Kier alpha value is -1.51. The van der Waals surface area contributed by atoms with Crippen molar-refractivity contribution in [3.63, 3.8) is 0 Å². The van der Waals surface area contributed by atoms with Crippen LogP contribution in [0.5, 0.6) is 0 Å². The molecule has 0 atom stereocenters. The zero-order chi connectivity index (χ0) is 12.4. The predicted molar refractivity (Wildman–Crippen MR) is 67.0 cm³/mol. The maximum absolute atomic E-state index is 10.5. The highest BCUT2D eigenvalue weighted by atomic mass is 16.5. The number of carbonyl (C=O) groups is 1. The molecule has 0 aromatic carbocycles. The van der Waals surface area contributed by atoms with Crippen molar-refractivity contribution in [3.8, 4) is 0 Å². The summed E-state index contributed by atoms with van der Waals surface area (Å²) in [5.41, 5.74) is 0.414. The monoisotopic (exact) mass is 223 g/mol. The number of ether oxygens (including phenoxy) is 1. The lowest BCUT2D eigenvalue weighted by Crippen LogP contribution is -2.08. The number of likely N-dealkylation sites (tertiary alicyclic amines) is 1. The van der Waals surface area contributed by atoms with E-state index in [0.717, 1.165) is 0 Å². The minimum absolute atomic E-state index is 0.256. The lowest BCUT2D eigenvalue weighted by atomic mass is 10.4. The molecule has 0 radical (unpaired) electrons. The van der Waals surface area contributed by atoms with Gasteiger partial charge in [-0.3, -0.25) is 0 Å². The first-order valence-corrected chi connectivity index (χ1v) is 5.42. The van der Waals surface area contributed by atoms with Crippen molar-refractivity contribution < 1.29 is 9.53 Å². The molecule has 0 aliphatic carbocycles. The maximum atomic E-state index is 10.5. The third kappa shape index (κ3) is 6.87. The van der Waals surface area contributed by atoms with Gasteiger partial charge in [0.2, 0.25) is 0 Å². The summed E-state index contributed by atoms with van der Waals surface area (Å²) in [5.74, 6) is -0.366. The average Bonchev–Trinajstić information content (AvgIpc) is 2.79. The van der Waals surface area contributed by atoms with Crippen molar-refractivity contribution in [1.29, 1.82) is 0 Å². The van der Waals surface area contributed by atoms with Crippen molar-refractivity contribution >= 4 is 5.97 Å². The largest absolute Gasteiger partial charge is 0.458 e. The fourth-order valence-electron chi connectivity index (χ4n) is 1.18. The van der Waals surface area contributed by atoms with E-state index in [2.05, 4.69) is 29.4 Å². The Labute approximate surface area is 98.1 Å². The van der Waals surface area contributed by atoms with Gasteiger partial charge in [-0.25, -0.2) is 4.79 Å². The molecule has 1 saturated heterocycles. The van der Waals surface area contributed by atoms with Crippen molar-refractivity contribution in [2.75, 3.05) is 19.7 Å². The Morgan fingerprint density at radius 2 is 1.94 bits per heavy atom. The number of carbonyl (C=O) groups excluding carboxylic acids is 1. The normalized spacial score (nSPS) is 13.4. The second-order valence-electron chi connectivity index (χ2n) is 3.59. The van der Waals surface area contributed by atoms with Gasteiger partial charge in [0, 0.05) is 18.7 Å². The van der Waals surface area contributed by atoms with Gasteiger partial charge in [-0.05, 0) is 26.0 Å². The number of rotatable bonds is 4. The van der Waals surface area contributed by atoms with Gasteiger partial charge in [0.25, 0.3) is 0 Å². The summed E-state index contributed by atoms with van der Waals surface area (Å²) < 4.78 is 4.60. The molecule has 0 saturated carbocycles. The standard InChI is InChI=1S/C7H10O2.C6H11N/c1-4-5-9-7(8)6(2)3;1-2-7-5-3-4-6-7/h4H,1-2,5H2,3H3;2H,1,3-6H2. The van der Waals surface area contributed by atoms with Gasteiger partial charge in [0.1, 0.15) is 6.61 Å². The van der Waals surface area contributed by atoms with Crippen molar-refractivity contribution in [3.05, 3.63) is 37.6 Å². The number of hydrogen-bond acceptors (Lipinski definition) is 3. The van der Waals surface area contributed by atoms with E-state index in [1.54, 1.807) is 6.92 Å². The molecule has 3 heteroatoms. The molecular weight excluding hydrogens is 202 g/mol. The molecule has 0 spiro atoms. The molecule has 0 amide bonds. The first kappa shape index (κ1) is 14.5. The van der Waals surface area contributed by atoms with Crippen LogP contribution in [0.25, 0.3) is 0 Å². The smallest absolute Gasteiger partial charge is 0.333 e. The summed E-state index contributed by atoms with van der Waals surface area (Å²) in [6, 6.07) is 0. The molecule has 1 aliphatic heterocycles. The summed E-state index contributed by atoms with van der Waals surface area (Å²) in [6.07, 6.45) is 6.14. The number of hydrogen-bond donors (Lipinski definition) is 0. The van der Waals surface area contributed by atoms with E-state index < -0.39 is 0 Å². The summed E-state index contributed by atoms with van der Waals surface area (Å²) in [5, 5.41) is 0. The topological polar surface area (TPSA) is 29.5 Å². The van der Waals surface area contributed by atoms with Crippen LogP contribution in [0.2, 0.25) is 0 Å². The molecule has 0 unspecified atom stereocenters. The highest BCUT2D eigenvalue weighted by molar-refractivity contribution is 5.86. The Bertz CT molecular complexity index is 253. The fraction of sp³-hybridized carbons (Fsp3) is 0.462. The molecule has 0 aromatic heterocycles. The van der Waals surface area contributed by atoms with E-state index in [9.17, 15) is 4.79 Å². The maximum Gasteiger partial charge on any atom is 0.333 e. The van der Waals surface area contributed by atoms with Crippen LogP contribution in [0.1, 0.15) is 19.8 Å². The SMILES string of the molecule is C=CCOC(=O)C(=C)C.C=CN1CCCC1. The van der Waals surface area contributed by atoms with Crippen molar-refractivity contribution in [2.24, 2.45) is 0 Å². The van der Waals surface area contributed by atoms with Gasteiger partial charge in [-0.2, -0.15) is 0 Å². The molecular formula is C13H21NO2. The summed E-state index contributed by atoms with van der Waals surface area (Å²) >= 11 is 0. The van der Waals surface area contributed by atoms with Crippen LogP contribution in [0.3, 0.4) is 0 Å². The summed E-state index contributed by atoms with van der Waals surface area (Å²) in [7, 11) is 0. The fourth-order valence-corrected chi connectivity index (χ4v) is 1.18. The van der Waals surface area contributed by atoms with E-state index in [4.69, 9.17) is 0 Å². The first-order chi connectivity index (χ1) is 7.61. The van der Waals surface area contributed by atoms with Gasteiger partial charge >= 0.3 is 5.97 Å². The Morgan fingerprint density at radius 1 is 1.38 bits per heavy atom. The van der Waals surface area contributed by atoms with Crippen LogP contribution in [0.4, 0.5) is 0 Å². The second kappa shape index (κ2) is 8.77. The zero-order valence-electron chi connectivity index (χ0n) is 10.1. The van der Waals surface area contributed by atoms with Crippen molar-refractivity contribution in [1.82, 2.24) is 4.90 Å². The third-order valence-corrected chi connectivity index (χ3v) is 2.08. The Kier molecular flexibility index (Phi) is 7.94. The molecule has 1 fully saturated rings. The summed E-state index contributed by atoms with van der Waals surface area (Å²) in [6.45, 7) is 14.8. The molecule has 0 aromatic rings. The van der Waals surface area contributed by atoms with E-state index in [1.165, 1.54) is 32.0 Å². The third-order valence-electron chi connectivity index (χ3n) is 2.08. The van der Waals surface area contributed by atoms with Gasteiger partial charge in [0.15, 0.2) is 0 Å². The van der Waals surface area contributed by atoms with Gasteiger partial charge in [-0.1, -0.05) is 25.8 Å². The Balaban J connectivity index is 0.000000288. The van der Waals surface area contributed by atoms with Crippen LogP contribution >= 0.6 is 0 Å². The lowest BCUT2D eigenvalue weighted by molar-refractivity contribution is -0.137. The molecule has 0 N–H and O–H groups in total. The van der Waals surface area contributed by atoms with E-state index in [1.807, 2.05) is 6.20 Å². The lowest BCUT2D eigenvalue weighted by Gasteiger charge is -2.07. The quantitative estimate of drug-likeness (QED) is 0.416. The minimum Gasteiger partial charge on any atom is -0.458 e. The predicted octanol–water partition coefficient (Wildman–Crippen LogP) is 2.52. The molecule has 16 heavy (non-hydrogen) atoms.